The van der Waals surface area contributed by atoms with Gasteiger partial charge < -0.3 is 20.1 Å². The fourth-order valence-corrected chi connectivity index (χ4v) is 2.57. The first-order valence-electron chi connectivity index (χ1n) is 7.54. The van der Waals surface area contributed by atoms with Gasteiger partial charge in [0.15, 0.2) is 0 Å². The summed E-state index contributed by atoms with van der Waals surface area (Å²) in [6, 6.07) is 5.24. The van der Waals surface area contributed by atoms with Crippen molar-refractivity contribution >= 4 is 11.8 Å². The molecule has 126 valence electrons. The van der Waals surface area contributed by atoms with Crippen LogP contribution in [0.5, 0.6) is 11.5 Å². The second-order valence-corrected chi connectivity index (χ2v) is 5.46. The van der Waals surface area contributed by atoms with E-state index in [1.165, 1.54) is 0 Å². The molecule has 1 heterocycles. The first-order chi connectivity index (χ1) is 11.0. The normalized spacial score (nSPS) is 16.4. The molecule has 1 aliphatic rings. The summed E-state index contributed by atoms with van der Waals surface area (Å²) >= 11 is 0. The summed E-state index contributed by atoms with van der Waals surface area (Å²) in [4.78, 5) is 25.4. The fraction of sp³-hybridized carbons (Fsp3) is 0.500. The van der Waals surface area contributed by atoms with Gasteiger partial charge in [0, 0.05) is 18.7 Å². The lowest BCUT2D eigenvalue weighted by atomic mass is 10.1. The second-order valence-electron chi connectivity index (χ2n) is 5.46. The summed E-state index contributed by atoms with van der Waals surface area (Å²) < 4.78 is 10.6. The third kappa shape index (κ3) is 4.59. The molecule has 7 heteroatoms. The molecule has 0 bridgehead atoms. The summed E-state index contributed by atoms with van der Waals surface area (Å²) in [5.74, 6) is 1.22. The van der Waals surface area contributed by atoms with Crippen molar-refractivity contribution in [3.05, 3.63) is 23.8 Å². The Kier molecular flexibility index (Phi) is 5.81. The van der Waals surface area contributed by atoms with Crippen LogP contribution in [0, 0.1) is 0 Å². The van der Waals surface area contributed by atoms with Crippen molar-refractivity contribution in [2.24, 2.45) is 0 Å². The van der Waals surface area contributed by atoms with Gasteiger partial charge in [-0.1, -0.05) is 0 Å². The van der Waals surface area contributed by atoms with Gasteiger partial charge in [-0.3, -0.25) is 14.5 Å². The predicted molar refractivity (Wildman–Crippen MR) is 85.6 cm³/mol. The lowest BCUT2D eigenvalue weighted by molar-refractivity contribution is -0.127. The van der Waals surface area contributed by atoms with Gasteiger partial charge in [-0.2, -0.15) is 0 Å². The number of methoxy groups -OCH3 is 2. The first kappa shape index (κ1) is 17.1. The molecular weight excluding hydrogens is 298 g/mol. The number of piperazine rings is 1. The Morgan fingerprint density at radius 2 is 2.17 bits per heavy atom. The summed E-state index contributed by atoms with van der Waals surface area (Å²) in [6.07, 6.45) is 0. The molecule has 2 rings (SSSR count). The number of carbonyl (C=O) groups is 2. The number of rotatable bonds is 6. The van der Waals surface area contributed by atoms with E-state index in [1.807, 2.05) is 30.0 Å². The maximum Gasteiger partial charge on any atom is 0.234 e. The summed E-state index contributed by atoms with van der Waals surface area (Å²) in [6.45, 7) is 3.59. The zero-order chi connectivity index (χ0) is 16.8. The summed E-state index contributed by atoms with van der Waals surface area (Å²) in [7, 11) is 3.18. The van der Waals surface area contributed by atoms with E-state index < -0.39 is 0 Å². The minimum atomic E-state index is -0.230. The first-order valence-corrected chi connectivity index (χ1v) is 7.54. The highest BCUT2D eigenvalue weighted by molar-refractivity contribution is 5.82. The van der Waals surface area contributed by atoms with Crippen molar-refractivity contribution in [1.29, 1.82) is 0 Å². The molecule has 23 heavy (non-hydrogen) atoms. The van der Waals surface area contributed by atoms with Crippen LogP contribution in [0.2, 0.25) is 0 Å². The molecule has 1 atom stereocenters. The van der Waals surface area contributed by atoms with Gasteiger partial charge in [-0.15, -0.1) is 0 Å². The Labute approximate surface area is 135 Å². The highest BCUT2D eigenvalue weighted by Crippen LogP contribution is 2.29. The number of nitrogens with zero attached hydrogens (tertiary/aromatic N) is 1. The Morgan fingerprint density at radius 1 is 1.39 bits per heavy atom. The number of benzene rings is 1. The number of hydrogen-bond acceptors (Lipinski definition) is 5. The molecule has 0 unspecified atom stereocenters. The van der Waals surface area contributed by atoms with E-state index in [1.54, 1.807) is 14.2 Å². The molecule has 0 saturated carbocycles. The number of ether oxygens (including phenoxy) is 2. The zero-order valence-corrected chi connectivity index (χ0v) is 13.7. The molecule has 1 aliphatic heterocycles. The molecule has 1 fully saturated rings. The molecule has 1 saturated heterocycles. The largest absolute Gasteiger partial charge is 0.497 e. The van der Waals surface area contributed by atoms with Gasteiger partial charge >= 0.3 is 0 Å². The van der Waals surface area contributed by atoms with E-state index in [9.17, 15) is 9.59 Å². The third-order valence-corrected chi connectivity index (χ3v) is 3.77. The highest BCUT2D eigenvalue weighted by Gasteiger charge is 2.20. The van der Waals surface area contributed by atoms with Crippen LogP contribution in [0.3, 0.4) is 0 Å². The Bertz CT molecular complexity index is 576. The minimum absolute atomic E-state index is 0.0495. The highest BCUT2D eigenvalue weighted by atomic mass is 16.5. The van der Waals surface area contributed by atoms with Crippen LogP contribution in [-0.2, 0) is 9.59 Å². The van der Waals surface area contributed by atoms with E-state index in [2.05, 4.69) is 10.6 Å². The van der Waals surface area contributed by atoms with Gasteiger partial charge in [0.05, 0.1) is 33.4 Å². The number of carbonyl (C=O) groups excluding carboxylic acids is 2. The predicted octanol–water partition coefficient (Wildman–Crippen LogP) is 0.313. The summed E-state index contributed by atoms with van der Waals surface area (Å²) in [5, 5.41) is 5.67. The van der Waals surface area contributed by atoms with Crippen LogP contribution in [0.1, 0.15) is 18.5 Å². The molecule has 2 N–H and O–H groups in total. The molecule has 0 spiro atoms. The molecule has 1 aromatic rings. The average Bonchev–Trinajstić information content (AvgIpc) is 2.54. The van der Waals surface area contributed by atoms with Crippen LogP contribution in [0.4, 0.5) is 0 Å². The Balaban J connectivity index is 1.99. The molecular formula is C16H23N3O4. The quantitative estimate of drug-likeness (QED) is 0.788. The van der Waals surface area contributed by atoms with E-state index in [0.29, 0.717) is 24.6 Å². The van der Waals surface area contributed by atoms with E-state index in [0.717, 1.165) is 5.56 Å². The number of amides is 2. The number of hydrogen-bond donors (Lipinski definition) is 2. The van der Waals surface area contributed by atoms with E-state index in [4.69, 9.17) is 9.47 Å². The van der Waals surface area contributed by atoms with Crippen LogP contribution in [-0.4, -0.2) is 57.1 Å². The van der Waals surface area contributed by atoms with Gasteiger partial charge in [-0.05, 0) is 25.1 Å². The maximum absolute atomic E-state index is 12.2. The average molecular weight is 321 g/mol. The standard InChI is InChI=1S/C16H23N3O4/c1-11(13-8-12(22-2)4-5-14(13)23-3)18-16(21)10-19-7-6-17-15(20)9-19/h4-5,8,11H,6-7,9-10H2,1-3H3,(H,17,20)(H,18,21)/t11-/m0/s1. The lowest BCUT2D eigenvalue weighted by Gasteiger charge is -2.26. The van der Waals surface area contributed by atoms with Crippen LogP contribution in [0.15, 0.2) is 18.2 Å². The topological polar surface area (TPSA) is 79.9 Å². The van der Waals surface area contributed by atoms with Crippen LogP contribution >= 0.6 is 0 Å². The Hall–Kier alpha value is -2.28. The van der Waals surface area contributed by atoms with E-state index >= 15 is 0 Å². The van der Waals surface area contributed by atoms with Crippen molar-refractivity contribution in [1.82, 2.24) is 15.5 Å². The lowest BCUT2D eigenvalue weighted by Crippen LogP contribution is -2.50. The minimum Gasteiger partial charge on any atom is -0.497 e. The zero-order valence-electron chi connectivity index (χ0n) is 13.7. The number of nitrogens with one attached hydrogen (secondary N) is 2. The van der Waals surface area contributed by atoms with Crippen molar-refractivity contribution in [2.75, 3.05) is 40.4 Å². The van der Waals surface area contributed by atoms with Gasteiger partial charge in [0.1, 0.15) is 11.5 Å². The monoisotopic (exact) mass is 321 g/mol. The molecule has 2 amide bonds. The maximum atomic E-state index is 12.2. The molecule has 0 aliphatic carbocycles. The molecule has 0 aromatic heterocycles. The van der Waals surface area contributed by atoms with Crippen LogP contribution < -0.4 is 20.1 Å². The van der Waals surface area contributed by atoms with Crippen molar-refractivity contribution in [2.45, 2.75) is 13.0 Å². The molecule has 0 radical (unpaired) electrons. The fourth-order valence-electron chi connectivity index (χ4n) is 2.57. The van der Waals surface area contributed by atoms with Gasteiger partial charge in [0.2, 0.25) is 11.8 Å². The van der Waals surface area contributed by atoms with Crippen molar-refractivity contribution in [3.8, 4) is 11.5 Å². The molecule has 1 aromatic carbocycles. The summed E-state index contributed by atoms with van der Waals surface area (Å²) in [5.41, 5.74) is 0.844. The Morgan fingerprint density at radius 3 is 2.83 bits per heavy atom. The SMILES string of the molecule is COc1ccc(OC)c([C@H](C)NC(=O)CN2CCNC(=O)C2)c1. The van der Waals surface area contributed by atoms with Gasteiger partial charge in [-0.25, -0.2) is 0 Å². The molecule has 7 nitrogen and oxygen atoms in total. The van der Waals surface area contributed by atoms with Crippen molar-refractivity contribution in [3.63, 3.8) is 0 Å². The van der Waals surface area contributed by atoms with Crippen LogP contribution in [0.25, 0.3) is 0 Å². The third-order valence-electron chi connectivity index (χ3n) is 3.77. The van der Waals surface area contributed by atoms with Crippen molar-refractivity contribution < 1.29 is 19.1 Å². The smallest absolute Gasteiger partial charge is 0.234 e. The van der Waals surface area contributed by atoms with E-state index in [-0.39, 0.29) is 30.9 Å². The second kappa shape index (κ2) is 7.82. The van der Waals surface area contributed by atoms with Gasteiger partial charge in [0.25, 0.3) is 0 Å².